The molecule has 0 spiro atoms. The number of amides is 1. The van der Waals surface area contributed by atoms with Crippen molar-refractivity contribution in [2.24, 2.45) is 0 Å². The molecule has 1 fully saturated rings. The third kappa shape index (κ3) is 5.06. The second kappa shape index (κ2) is 8.81. The van der Waals surface area contributed by atoms with Gasteiger partial charge < -0.3 is 10.1 Å². The van der Waals surface area contributed by atoms with E-state index in [1.54, 1.807) is 24.3 Å². The molecule has 0 bridgehead atoms. The van der Waals surface area contributed by atoms with Crippen LogP contribution in [0.25, 0.3) is 0 Å². The van der Waals surface area contributed by atoms with E-state index in [1.165, 1.54) is 0 Å². The maximum Gasteiger partial charge on any atom is 0.250 e. The van der Waals surface area contributed by atoms with E-state index in [4.69, 9.17) is 4.74 Å². The average molecular weight is 419 g/mol. The molecule has 8 nitrogen and oxygen atoms in total. The molecule has 2 aromatic carbocycles. The summed E-state index contributed by atoms with van der Waals surface area (Å²) >= 11 is 0. The Kier molecular flexibility index (Phi) is 6.41. The van der Waals surface area contributed by atoms with Crippen molar-refractivity contribution in [1.29, 1.82) is 0 Å². The third-order valence-corrected chi connectivity index (χ3v) is 6.43. The number of hydrogen-bond acceptors (Lipinski definition) is 6. The molecule has 4 N–H and O–H groups in total. The van der Waals surface area contributed by atoms with E-state index in [9.17, 15) is 13.2 Å². The summed E-state index contributed by atoms with van der Waals surface area (Å²) in [4.78, 5) is 12.6. The topological polar surface area (TPSA) is 109 Å². The molecule has 0 radical (unpaired) electrons. The van der Waals surface area contributed by atoms with E-state index in [1.807, 2.05) is 39.0 Å². The van der Waals surface area contributed by atoms with Gasteiger partial charge >= 0.3 is 0 Å². The monoisotopic (exact) mass is 418 g/mol. The minimum Gasteiger partial charge on any atom is -0.494 e. The summed E-state index contributed by atoms with van der Waals surface area (Å²) in [7, 11) is -3.74. The molecule has 1 saturated heterocycles. The lowest BCUT2D eigenvalue weighted by Crippen LogP contribution is -2.42. The molecule has 3 rings (SSSR count). The van der Waals surface area contributed by atoms with Gasteiger partial charge in [0.1, 0.15) is 17.2 Å². The van der Waals surface area contributed by atoms with Crippen molar-refractivity contribution >= 4 is 27.3 Å². The van der Waals surface area contributed by atoms with Crippen LogP contribution in [0.3, 0.4) is 0 Å². The Hall–Kier alpha value is -2.62. The van der Waals surface area contributed by atoms with E-state index in [0.717, 1.165) is 16.8 Å². The van der Waals surface area contributed by atoms with Crippen LogP contribution < -0.4 is 25.6 Å². The van der Waals surface area contributed by atoms with Gasteiger partial charge in [-0.15, -0.1) is 0 Å². The first-order valence-corrected chi connectivity index (χ1v) is 11.0. The van der Waals surface area contributed by atoms with Gasteiger partial charge in [0.25, 0.3) is 0 Å². The van der Waals surface area contributed by atoms with Crippen LogP contribution in [0.5, 0.6) is 5.75 Å². The highest BCUT2D eigenvalue weighted by Gasteiger charge is 2.37. The number of rotatable bonds is 7. The van der Waals surface area contributed by atoms with Gasteiger partial charge in [-0.05, 0) is 62.2 Å². The van der Waals surface area contributed by atoms with Gasteiger partial charge in [0.15, 0.2) is 0 Å². The number of aryl methyl sites for hydroxylation is 1. The summed E-state index contributed by atoms with van der Waals surface area (Å²) in [6.45, 7) is 6.31. The Morgan fingerprint density at radius 2 is 1.86 bits per heavy atom. The largest absolute Gasteiger partial charge is 0.494 e. The molecule has 0 aromatic heterocycles. The first-order valence-electron chi connectivity index (χ1n) is 9.43. The van der Waals surface area contributed by atoms with E-state index >= 15 is 0 Å². The van der Waals surface area contributed by atoms with Gasteiger partial charge in [0, 0.05) is 17.8 Å². The highest BCUT2D eigenvalue weighted by Crippen LogP contribution is 2.21. The summed E-state index contributed by atoms with van der Waals surface area (Å²) in [5.41, 5.74) is 8.68. The van der Waals surface area contributed by atoms with E-state index < -0.39 is 21.4 Å². The molecule has 9 heteroatoms. The fourth-order valence-electron chi connectivity index (χ4n) is 3.03. The van der Waals surface area contributed by atoms with Crippen molar-refractivity contribution in [2.75, 3.05) is 16.6 Å². The van der Waals surface area contributed by atoms with Gasteiger partial charge in [0.05, 0.1) is 6.61 Å². The highest BCUT2D eigenvalue weighted by atomic mass is 32.2. The fraction of sp³-hybridized carbons (Fsp3) is 0.350. The highest BCUT2D eigenvalue weighted by molar-refractivity contribution is 7.93. The normalized spacial score (nSPS) is 19.0. The Bertz CT molecular complexity index is 976. The molecule has 2 unspecified atom stereocenters. The molecule has 0 saturated carbocycles. The van der Waals surface area contributed by atoms with Crippen LogP contribution >= 0.6 is 0 Å². The van der Waals surface area contributed by atoms with Crippen molar-refractivity contribution in [3.8, 4) is 5.75 Å². The van der Waals surface area contributed by atoms with Gasteiger partial charge in [-0.3, -0.25) is 9.52 Å². The Morgan fingerprint density at radius 3 is 2.55 bits per heavy atom. The maximum atomic E-state index is 12.7. The quantitative estimate of drug-likeness (QED) is 0.549. The molecule has 0 aliphatic carbocycles. The molecular formula is C20H26N4O4S. The first kappa shape index (κ1) is 21.1. The molecule has 1 amide bonds. The maximum absolute atomic E-state index is 12.7. The van der Waals surface area contributed by atoms with Crippen molar-refractivity contribution in [2.45, 2.75) is 38.6 Å². The third-order valence-electron chi connectivity index (χ3n) is 4.85. The number of sulfonamides is 1. The number of anilines is 2. The van der Waals surface area contributed by atoms with Crippen LogP contribution in [-0.4, -0.2) is 32.3 Å². The van der Waals surface area contributed by atoms with E-state index in [-0.39, 0.29) is 12.3 Å². The van der Waals surface area contributed by atoms with Gasteiger partial charge in [-0.25, -0.2) is 19.3 Å². The van der Waals surface area contributed by atoms with Crippen LogP contribution in [0.15, 0.2) is 42.5 Å². The summed E-state index contributed by atoms with van der Waals surface area (Å²) in [6.07, 6.45) is 0.100. The van der Waals surface area contributed by atoms with Crippen molar-refractivity contribution in [3.63, 3.8) is 0 Å². The number of nitrogens with one attached hydrogen (secondary N) is 4. The van der Waals surface area contributed by atoms with Gasteiger partial charge in [-0.1, -0.05) is 12.1 Å². The van der Waals surface area contributed by atoms with E-state index in [0.29, 0.717) is 18.0 Å². The lowest BCUT2D eigenvalue weighted by Gasteiger charge is -2.14. The Morgan fingerprint density at radius 1 is 1.14 bits per heavy atom. The van der Waals surface area contributed by atoms with Crippen molar-refractivity contribution < 1.29 is 17.9 Å². The average Bonchev–Trinajstić information content (AvgIpc) is 3.18. The minimum atomic E-state index is -3.74. The zero-order chi connectivity index (χ0) is 21.0. The molecule has 156 valence electrons. The molecule has 2 aromatic rings. The number of benzene rings is 2. The number of hydrogen-bond donors (Lipinski definition) is 4. The number of hydrazine groups is 1. The van der Waals surface area contributed by atoms with Crippen LogP contribution in [0.1, 0.15) is 24.5 Å². The summed E-state index contributed by atoms with van der Waals surface area (Å²) < 4.78 is 33.2. The van der Waals surface area contributed by atoms with Gasteiger partial charge in [0.2, 0.25) is 15.9 Å². The minimum absolute atomic E-state index is 0.100. The van der Waals surface area contributed by atoms with Crippen LogP contribution in [0.2, 0.25) is 0 Å². The molecule has 1 heterocycles. The number of ether oxygens (including phenoxy) is 1. The Balaban J connectivity index is 1.61. The summed E-state index contributed by atoms with van der Waals surface area (Å²) in [5.74, 6) is 0.379. The first-order chi connectivity index (χ1) is 13.8. The molecule has 1 aliphatic rings. The van der Waals surface area contributed by atoms with Crippen LogP contribution in [0, 0.1) is 13.8 Å². The standard InChI is InChI=1S/C20H26N4O4S/c1-4-28-16-10-8-15(9-11-16)24-29(26,27)19-12-18(22-23-19)20(25)21-17-7-5-6-13(2)14(17)3/h5-11,18-19,22-24H,4,12H2,1-3H3,(H,21,25). The van der Waals surface area contributed by atoms with Crippen molar-refractivity contribution in [3.05, 3.63) is 53.6 Å². The molecule has 2 atom stereocenters. The smallest absolute Gasteiger partial charge is 0.250 e. The molecular weight excluding hydrogens is 392 g/mol. The van der Waals surface area contributed by atoms with Gasteiger partial charge in [-0.2, -0.15) is 0 Å². The predicted octanol–water partition coefficient (Wildman–Crippen LogP) is 2.28. The van der Waals surface area contributed by atoms with E-state index in [2.05, 4.69) is 20.9 Å². The lowest BCUT2D eigenvalue weighted by atomic mass is 10.1. The molecule has 29 heavy (non-hydrogen) atoms. The zero-order valence-corrected chi connectivity index (χ0v) is 17.5. The fourth-order valence-corrected chi connectivity index (χ4v) is 4.31. The second-order valence-corrected chi connectivity index (χ2v) is 8.77. The van der Waals surface area contributed by atoms with Crippen LogP contribution in [0.4, 0.5) is 11.4 Å². The number of carbonyl (C=O) groups is 1. The number of carbonyl (C=O) groups excluding carboxylic acids is 1. The lowest BCUT2D eigenvalue weighted by molar-refractivity contribution is -0.117. The van der Waals surface area contributed by atoms with Crippen LogP contribution in [-0.2, 0) is 14.8 Å². The molecule has 1 aliphatic heterocycles. The predicted molar refractivity (Wildman–Crippen MR) is 113 cm³/mol. The Labute approximate surface area is 171 Å². The second-order valence-electron chi connectivity index (χ2n) is 6.91. The summed E-state index contributed by atoms with van der Waals surface area (Å²) in [6, 6.07) is 11.7. The van der Waals surface area contributed by atoms with Crippen molar-refractivity contribution in [1.82, 2.24) is 10.9 Å². The summed E-state index contributed by atoms with van der Waals surface area (Å²) in [5, 5.41) is 1.92. The SMILES string of the molecule is CCOc1ccc(NS(=O)(=O)C2CC(C(=O)Nc3cccc(C)c3C)NN2)cc1. The zero-order valence-electron chi connectivity index (χ0n) is 16.7.